The molecule has 0 atom stereocenters. The molecule has 0 N–H and O–H groups in total. The summed E-state index contributed by atoms with van der Waals surface area (Å²) in [4.78, 5) is 15.3. The van der Waals surface area contributed by atoms with Gasteiger partial charge >= 0.3 is 0 Å². The number of furan rings is 2. The summed E-state index contributed by atoms with van der Waals surface area (Å²) in [7, 11) is 0. The number of rotatable bonds is 5. The number of hydrogen-bond acceptors (Lipinski definition) is 5. The molecule has 11 aromatic rings. The maximum absolute atomic E-state index is 6.71. The zero-order chi connectivity index (χ0) is 35.6. The van der Waals surface area contributed by atoms with Gasteiger partial charge in [0.2, 0.25) is 0 Å². The van der Waals surface area contributed by atoms with Gasteiger partial charge < -0.3 is 8.83 Å². The van der Waals surface area contributed by atoms with Gasteiger partial charge in [0.25, 0.3) is 0 Å². The van der Waals surface area contributed by atoms with Gasteiger partial charge in [0.15, 0.2) is 17.5 Å². The molecule has 252 valence electrons. The lowest BCUT2D eigenvalue weighted by Crippen LogP contribution is -2.00. The summed E-state index contributed by atoms with van der Waals surface area (Å²) in [5.74, 6) is 1.73. The van der Waals surface area contributed by atoms with Crippen LogP contribution in [0, 0.1) is 0 Å². The standard InChI is InChI=1S/C49H29N3O2/c1-3-12-30(13-4-1)32-16-11-17-33(26-32)47-50-48(34-23-25-44-41(27-34)37-19-9-10-21-43(37)53-44)52-49(51-47)35-22-24-38-42-29-40(31-14-5-2-6-15-31)36-18-7-8-20-39(36)46(42)54-45(38)28-35/h1-29H. The van der Waals surface area contributed by atoms with Crippen LogP contribution in [0.1, 0.15) is 0 Å². The highest BCUT2D eigenvalue weighted by Crippen LogP contribution is 2.41. The third-order valence-corrected chi connectivity index (χ3v) is 10.3. The average molecular weight is 692 g/mol. The summed E-state index contributed by atoms with van der Waals surface area (Å²) < 4.78 is 12.9. The van der Waals surface area contributed by atoms with Gasteiger partial charge in [-0.3, -0.25) is 0 Å². The normalized spacial score (nSPS) is 11.7. The Morgan fingerprint density at radius 3 is 1.61 bits per heavy atom. The van der Waals surface area contributed by atoms with Gasteiger partial charge in [-0.25, -0.2) is 15.0 Å². The molecule has 0 fully saturated rings. The fourth-order valence-electron chi connectivity index (χ4n) is 7.69. The first kappa shape index (κ1) is 30.3. The van der Waals surface area contributed by atoms with Crippen molar-refractivity contribution >= 4 is 54.6 Å². The highest BCUT2D eigenvalue weighted by molar-refractivity contribution is 6.19. The predicted molar refractivity (Wildman–Crippen MR) is 219 cm³/mol. The van der Waals surface area contributed by atoms with Crippen molar-refractivity contribution in [3.8, 4) is 56.4 Å². The van der Waals surface area contributed by atoms with Gasteiger partial charge in [-0.15, -0.1) is 0 Å². The number of para-hydroxylation sites is 1. The molecule has 0 saturated carbocycles. The van der Waals surface area contributed by atoms with Crippen molar-refractivity contribution in [3.63, 3.8) is 0 Å². The van der Waals surface area contributed by atoms with Crippen LogP contribution in [0.2, 0.25) is 0 Å². The third-order valence-electron chi connectivity index (χ3n) is 10.3. The second-order valence-electron chi connectivity index (χ2n) is 13.6. The highest BCUT2D eigenvalue weighted by atomic mass is 16.3. The Balaban J connectivity index is 1.11. The molecule has 3 heterocycles. The largest absolute Gasteiger partial charge is 0.456 e. The van der Waals surface area contributed by atoms with E-state index in [0.29, 0.717) is 17.5 Å². The number of benzene rings is 8. The summed E-state index contributed by atoms with van der Waals surface area (Å²) in [6.07, 6.45) is 0. The maximum atomic E-state index is 6.71. The predicted octanol–water partition coefficient (Wildman–Crippen LogP) is 13.2. The van der Waals surface area contributed by atoms with Crippen molar-refractivity contribution in [3.05, 3.63) is 176 Å². The van der Waals surface area contributed by atoms with E-state index in [1.807, 2.05) is 36.4 Å². The van der Waals surface area contributed by atoms with Gasteiger partial charge in [-0.2, -0.15) is 0 Å². The first-order chi connectivity index (χ1) is 26.7. The summed E-state index contributed by atoms with van der Waals surface area (Å²) in [6, 6.07) is 60.5. The van der Waals surface area contributed by atoms with Crippen LogP contribution in [-0.2, 0) is 0 Å². The Morgan fingerprint density at radius 2 is 0.833 bits per heavy atom. The molecule has 54 heavy (non-hydrogen) atoms. The fraction of sp³-hybridized carbons (Fsp3) is 0. The SMILES string of the molecule is c1ccc(-c2cccc(-c3nc(-c4ccc5c(c4)oc4c6ccccc6c(-c6ccccc6)cc54)nc(-c4ccc5oc6ccccc6c5c4)n3)c2)cc1. The Bertz CT molecular complexity index is 3220. The lowest BCUT2D eigenvalue weighted by atomic mass is 9.95. The molecule has 0 radical (unpaired) electrons. The van der Waals surface area contributed by atoms with Crippen LogP contribution >= 0.6 is 0 Å². The molecule has 3 aromatic heterocycles. The molecule has 11 rings (SSSR count). The van der Waals surface area contributed by atoms with Crippen molar-refractivity contribution in [2.45, 2.75) is 0 Å². The van der Waals surface area contributed by atoms with Crippen LogP contribution in [0.25, 0.3) is 111 Å². The van der Waals surface area contributed by atoms with Crippen molar-refractivity contribution in [2.75, 3.05) is 0 Å². The van der Waals surface area contributed by atoms with Gasteiger partial charge in [0.05, 0.1) is 0 Å². The Morgan fingerprint density at radius 1 is 0.278 bits per heavy atom. The number of hydrogen-bond donors (Lipinski definition) is 0. The van der Waals surface area contributed by atoms with Crippen molar-refractivity contribution < 1.29 is 8.83 Å². The van der Waals surface area contributed by atoms with E-state index in [0.717, 1.165) is 82.5 Å². The summed E-state index contributed by atoms with van der Waals surface area (Å²) >= 11 is 0. The van der Waals surface area contributed by atoms with E-state index >= 15 is 0 Å². The summed E-state index contributed by atoms with van der Waals surface area (Å²) in [5, 5.41) is 6.42. The monoisotopic (exact) mass is 691 g/mol. The van der Waals surface area contributed by atoms with E-state index in [-0.39, 0.29) is 0 Å². The molecule has 5 nitrogen and oxygen atoms in total. The average Bonchev–Trinajstić information content (AvgIpc) is 3.82. The Labute approximate surface area is 309 Å². The quantitative estimate of drug-likeness (QED) is 0.180. The Kier molecular flexibility index (Phi) is 6.79. The van der Waals surface area contributed by atoms with Gasteiger partial charge in [0, 0.05) is 43.6 Å². The minimum atomic E-state index is 0.564. The van der Waals surface area contributed by atoms with E-state index in [2.05, 4.69) is 140 Å². The fourth-order valence-corrected chi connectivity index (χ4v) is 7.69. The Hall–Kier alpha value is -7.37. The van der Waals surface area contributed by atoms with Crippen LogP contribution in [-0.4, -0.2) is 15.0 Å². The number of nitrogens with zero attached hydrogens (tertiary/aromatic N) is 3. The summed E-state index contributed by atoms with van der Waals surface area (Å²) in [5.41, 5.74) is 10.5. The molecule has 0 spiro atoms. The molecule has 0 aliphatic rings. The minimum absolute atomic E-state index is 0.564. The van der Waals surface area contributed by atoms with E-state index < -0.39 is 0 Å². The minimum Gasteiger partial charge on any atom is -0.456 e. The molecule has 0 bridgehead atoms. The van der Waals surface area contributed by atoms with E-state index in [1.54, 1.807) is 0 Å². The molecule has 8 aromatic carbocycles. The van der Waals surface area contributed by atoms with Crippen LogP contribution in [0.3, 0.4) is 0 Å². The van der Waals surface area contributed by atoms with Crippen molar-refractivity contribution in [2.24, 2.45) is 0 Å². The van der Waals surface area contributed by atoms with Crippen LogP contribution in [0.15, 0.2) is 185 Å². The molecule has 0 amide bonds. The van der Waals surface area contributed by atoms with E-state index in [4.69, 9.17) is 23.8 Å². The lowest BCUT2D eigenvalue weighted by Gasteiger charge is -2.10. The second-order valence-corrected chi connectivity index (χ2v) is 13.6. The zero-order valence-electron chi connectivity index (χ0n) is 28.9. The molecule has 0 aliphatic carbocycles. The molecular formula is C49H29N3O2. The second kappa shape index (κ2) is 12.1. The molecule has 0 aliphatic heterocycles. The van der Waals surface area contributed by atoms with Crippen molar-refractivity contribution in [1.29, 1.82) is 0 Å². The molecular weight excluding hydrogens is 663 g/mol. The van der Waals surface area contributed by atoms with Gasteiger partial charge in [-0.05, 0) is 76.2 Å². The first-order valence-corrected chi connectivity index (χ1v) is 18.0. The third kappa shape index (κ3) is 4.98. The van der Waals surface area contributed by atoms with Crippen molar-refractivity contribution in [1.82, 2.24) is 15.0 Å². The number of fused-ring (bicyclic) bond motifs is 8. The van der Waals surface area contributed by atoms with Crippen LogP contribution in [0.4, 0.5) is 0 Å². The smallest absolute Gasteiger partial charge is 0.164 e. The molecule has 0 saturated heterocycles. The molecule has 0 unspecified atom stereocenters. The van der Waals surface area contributed by atoms with Crippen LogP contribution < -0.4 is 0 Å². The lowest BCUT2D eigenvalue weighted by molar-refractivity contribution is 0.669. The first-order valence-electron chi connectivity index (χ1n) is 18.0. The van der Waals surface area contributed by atoms with E-state index in [1.165, 1.54) is 11.1 Å². The topological polar surface area (TPSA) is 65.0 Å². The summed E-state index contributed by atoms with van der Waals surface area (Å²) in [6.45, 7) is 0. The number of aromatic nitrogens is 3. The highest BCUT2D eigenvalue weighted by Gasteiger charge is 2.18. The van der Waals surface area contributed by atoms with E-state index in [9.17, 15) is 0 Å². The maximum Gasteiger partial charge on any atom is 0.164 e. The zero-order valence-corrected chi connectivity index (χ0v) is 28.9. The van der Waals surface area contributed by atoms with Crippen LogP contribution in [0.5, 0.6) is 0 Å². The van der Waals surface area contributed by atoms with Gasteiger partial charge in [0.1, 0.15) is 22.3 Å². The van der Waals surface area contributed by atoms with Gasteiger partial charge in [-0.1, -0.05) is 127 Å². The molecule has 5 heteroatoms.